The molecule has 0 saturated heterocycles. The summed E-state index contributed by atoms with van der Waals surface area (Å²) < 4.78 is 1.81. The van der Waals surface area contributed by atoms with Crippen LogP contribution in [0.5, 0.6) is 0 Å². The summed E-state index contributed by atoms with van der Waals surface area (Å²) in [4.78, 5) is 25.0. The largest absolute Gasteiger partial charge is 0.350 e. The predicted octanol–water partition coefficient (Wildman–Crippen LogP) is 1.44. The van der Waals surface area contributed by atoms with Gasteiger partial charge < -0.3 is 10.6 Å². The molecule has 3 aliphatic carbocycles. The summed E-state index contributed by atoms with van der Waals surface area (Å²) in [5.41, 5.74) is 3.99. The van der Waals surface area contributed by atoms with Crippen molar-refractivity contribution in [1.29, 1.82) is 0 Å². The highest BCUT2D eigenvalue weighted by atomic mass is 16.2. The summed E-state index contributed by atoms with van der Waals surface area (Å²) >= 11 is 0. The molecule has 28 heavy (non-hydrogen) atoms. The molecular formula is C20H22N6O2. The molecule has 8 nitrogen and oxygen atoms in total. The number of carbonyl (C=O) groups is 2. The van der Waals surface area contributed by atoms with Crippen LogP contribution in [0.25, 0.3) is 5.52 Å². The summed E-state index contributed by atoms with van der Waals surface area (Å²) in [6.45, 7) is 4.02. The van der Waals surface area contributed by atoms with E-state index in [1.165, 1.54) is 0 Å². The third kappa shape index (κ3) is 2.51. The number of rotatable bonds is 5. The Labute approximate surface area is 161 Å². The molecule has 0 atom stereocenters. The van der Waals surface area contributed by atoms with Crippen molar-refractivity contribution in [3.63, 3.8) is 0 Å². The quantitative estimate of drug-likeness (QED) is 0.625. The number of aromatic nitrogens is 4. The first-order valence-electron chi connectivity index (χ1n) is 9.45. The zero-order valence-corrected chi connectivity index (χ0v) is 15.9. The number of carbonyl (C=O) groups excluding carboxylic acids is 2. The molecule has 3 N–H and O–H groups in total. The van der Waals surface area contributed by atoms with Crippen molar-refractivity contribution in [3.05, 3.63) is 53.1 Å². The first-order chi connectivity index (χ1) is 13.4. The second-order valence-corrected chi connectivity index (χ2v) is 8.31. The number of pyridine rings is 1. The number of nitrogens with one attached hydrogen (secondary N) is 3. The lowest BCUT2D eigenvalue weighted by atomic mass is 9.44. The highest BCUT2D eigenvalue weighted by Gasteiger charge is 2.69. The molecule has 2 bridgehead atoms. The minimum absolute atomic E-state index is 0.0163. The zero-order valence-electron chi connectivity index (χ0n) is 15.9. The van der Waals surface area contributed by atoms with Gasteiger partial charge in [0.15, 0.2) is 0 Å². The molecule has 3 fully saturated rings. The van der Waals surface area contributed by atoms with E-state index in [2.05, 4.69) is 25.9 Å². The van der Waals surface area contributed by atoms with Crippen LogP contribution in [-0.4, -0.2) is 42.7 Å². The van der Waals surface area contributed by atoms with Gasteiger partial charge in [0.1, 0.15) is 0 Å². The lowest BCUT2D eigenvalue weighted by molar-refractivity contribution is -0.138. The SMILES string of the molecule is Cc1ccc2c(C(=O)NC34CC(NC(=O)Cc5ccn[nH]5)(C3)C4)cnn2c1C. The van der Waals surface area contributed by atoms with E-state index in [4.69, 9.17) is 0 Å². The molecule has 0 aliphatic heterocycles. The standard InChI is InChI=1S/C20H22N6O2/c1-12-3-4-16-15(8-22-26(16)13(12)2)18(28)24-20-9-19(10-20,11-20)23-17(27)7-14-5-6-21-25-14/h3-6,8H,7,9-11H2,1-2H3,(H,21,25)(H,23,27)(H,24,28). The van der Waals surface area contributed by atoms with Crippen LogP contribution in [0.4, 0.5) is 0 Å². The molecule has 3 saturated carbocycles. The first kappa shape index (κ1) is 17.0. The van der Waals surface area contributed by atoms with E-state index in [1.807, 2.05) is 30.5 Å². The maximum Gasteiger partial charge on any atom is 0.255 e. The molecule has 0 aromatic carbocycles. The molecule has 144 valence electrons. The van der Waals surface area contributed by atoms with Gasteiger partial charge in [-0.25, -0.2) is 4.52 Å². The lowest BCUT2D eigenvalue weighted by Gasteiger charge is -2.70. The second kappa shape index (κ2) is 5.67. The summed E-state index contributed by atoms with van der Waals surface area (Å²) in [5, 5.41) is 17.3. The fourth-order valence-electron chi connectivity index (χ4n) is 4.71. The number of aromatic amines is 1. The molecule has 3 aromatic heterocycles. The monoisotopic (exact) mass is 378 g/mol. The lowest BCUT2D eigenvalue weighted by Crippen LogP contribution is -2.83. The molecule has 6 rings (SSSR count). The highest BCUT2D eigenvalue weighted by Crippen LogP contribution is 2.60. The van der Waals surface area contributed by atoms with Crippen molar-refractivity contribution in [2.24, 2.45) is 0 Å². The Bertz CT molecular complexity index is 1080. The predicted molar refractivity (Wildman–Crippen MR) is 102 cm³/mol. The summed E-state index contributed by atoms with van der Waals surface area (Å²) in [6.07, 6.45) is 5.89. The number of hydrogen-bond donors (Lipinski definition) is 3. The van der Waals surface area contributed by atoms with Gasteiger partial charge in [0, 0.05) is 28.7 Å². The third-order valence-electron chi connectivity index (χ3n) is 6.15. The molecule has 0 spiro atoms. The number of hydrogen-bond acceptors (Lipinski definition) is 4. The van der Waals surface area contributed by atoms with Crippen molar-refractivity contribution >= 4 is 17.3 Å². The van der Waals surface area contributed by atoms with Crippen LogP contribution in [0.2, 0.25) is 0 Å². The van der Waals surface area contributed by atoms with Crippen molar-refractivity contribution in [3.8, 4) is 0 Å². The minimum Gasteiger partial charge on any atom is -0.350 e. The fourth-order valence-corrected chi connectivity index (χ4v) is 4.71. The second-order valence-electron chi connectivity index (χ2n) is 8.31. The number of H-pyrrole nitrogens is 1. The van der Waals surface area contributed by atoms with Crippen molar-refractivity contribution in [2.45, 2.75) is 50.6 Å². The van der Waals surface area contributed by atoms with Crippen LogP contribution in [-0.2, 0) is 11.2 Å². The molecule has 2 amide bonds. The summed E-state index contributed by atoms with van der Waals surface area (Å²) in [7, 11) is 0. The molecular weight excluding hydrogens is 356 g/mol. The van der Waals surface area contributed by atoms with E-state index < -0.39 is 0 Å². The molecule has 3 aromatic rings. The topological polar surface area (TPSA) is 104 Å². The van der Waals surface area contributed by atoms with Gasteiger partial charge >= 0.3 is 0 Å². The van der Waals surface area contributed by atoms with E-state index in [1.54, 1.807) is 18.5 Å². The number of fused-ring (bicyclic) bond motifs is 1. The van der Waals surface area contributed by atoms with Gasteiger partial charge in [-0.15, -0.1) is 0 Å². The van der Waals surface area contributed by atoms with E-state index in [0.29, 0.717) is 12.0 Å². The Morgan fingerprint density at radius 1 is 1.14 bits per heavy atom. The van der Waals surface area contributed by atoms with Crippen LogP contribution < -0.4 is 10.6 Å². The van der Waals surface area contributed by atoms with E-state index in [0.717, 1.165) is 41.7 Å². The maximum absolute atomic E-state index is 12.8. The Morgan fingerprint density at radius 3 is 2.61 bits per heavy atom. The van der Waals surface area contributed by atoms with Crippen molar-refractivity contribution in [2.75, 3.05) is 0 Å². The van der Waals surface area contributed by atoms with Crippen LogP contribution in [0.3, 0.4) is 0 Å². The van der Waals surface area contributed by atoms with Gasteiger partial charge in [-0.05, 0) is 50.8 Å². The van der Waals surface area contributed by atoms with E-state index in [9.17, 15) is 9.59 Å². The van der Waals surface area contributed by atoms with Crippen LogP contribution in [0.1, 0.15) is 46.6 Å². The minimum atomic E-state index is -0.202. The van der Waals surface area contributed by atoms with Gasteiger partial charge in [0.05, 0.1) is 23.7 Å². The smallest absolute Gasteiger partial charge is 0.255 e. The van der Waals surface area contributed by atoms with Gasteiger partial charge in [-0.2, -0.15) is 10.2 Å². The zero-order chi connectivity index (χ0) is 19.5. The number of aryl methyl sites for hydroxylation is 2. The van der Waals surface area contributed by atoms with Crippen molar-refractivity contribution < 1.29 is 9.59 Å². The Kier molecular flexibility index (Phi) is 3.44. The number of nitrogens with zero attached hydrogens (tertiary/aromatic N) is 3. The normalized spacial score (nSPS) is 25.1. The maximum atomic E-state index is 12.8. The number of amides is 2. The molecule has 3 aliphatic rings. The average Bonchev–Trinajstić information content (AvgIpc) is 3.24. The van der Waals surface area contributed by atoms with Gasteiger partial charge in [-0.3, -0.25) is 14.7 Å². The third-order valence-corrected chi connectivity index (χ3v) is 6.15. The van der Waals surface area contributed by atoms with E-state index >= 15 is 0 Å². The molecule has 0 unspecified atom stereocenters. The highest BCUT2D eigenvalue weighted by molar-refractivity contribution is 6.01. The van der Waals surface area contributed by atoms with Gasteiger partial charge in [-0.1, -0.05) is 6.07 Å². The molecule has 0 radical (unpaired) electrons. The molecule has 3 heterocycles. The first-order valence-corrected chi connectivity index (χ1v) is 9.45. The van der Waals surface area contributed by atoms with Crippen LogP contribution in [0, 0.1) is 13.8 Å². The Balaban J connectivity index is 1.22. The average molecular weight is 378 g/mol. The van der Waals surface area contributed by atoms with Crippen LogP contribution >= 0.6 is 0 Å². The van der Waals surface area contributed by atoms with Gasteiger partial charge in [0.2, 0.25) is 5.91 Å². The van der Waals surface area contributed by atoms with Gasteiger partial charge in [0.25, 0.3) is 5.91 Å². The molecule has 8 heteroatoms. The van der Waals surface area contributed by atoms with Crippen LogP contribution in [0.15, 0.2) is 30.6 Å². The Morgan fingerprint density at radius 2 is 1.89 bits per heavy atom. The summed E-state index contributed by atoms with van der Waals surface area (Å²) in [6, 6.07) is 5.74. The van der Waals surface area contributed by atoms with Crippen molar-refractivity contribution in [1.82, 2.24) is 30.4 Å². The summed E-state index contributed by atoms with van der Waals surface area (Å²) in [5.74, 6) is -0.118. The fraction of sp³-hybridized carbons (Fsp3) is 0.400. The van der Waals surface area contributed by atoms with E-state index in [-0.39, 0.29) is 22.9 Å². The Hall–Kier alpha value is -3.16.